The number of aliphatic hydroxyl groups is 2. The minimum atomic E-state index is -0.345. The normalized spacial score (nSPS) is 12.3. The van der Waals surface area contributed by atoms with Gasteiger partial charge in [0.15, 0.2) is 0 Å². The molecular weight excluding hydrogens is 294 g/mol. The van der Waals surface area contributed by atoms with Crippen LogP contribution in [0.1, 0.15) is 72.6 Å². The number of hydrogen-bond donors (Lipinski definition) is 3. The maximum absolute atomic E-state index is 11.5. The van der Waals surface area contributed by atoms with Crippen LogP contribution in [0.2, 0.25) is 0 Å². The van der Waals surface area contributed by atoms with E-state index in [1.165, 1.54) is 0 Å². The number of alkyl carbamates (subject to hydrolysis) is 1. The van der Waals surface area contributed by atoms with Gasteiger partial charge in [-0.25, -0.2) is 4.79 Å². The highest BCUT2D eigenvalue weighted by Gasteiger charge is 2.16. The van der Waals surface area contributed by atoms with Crippen LogP contribution in [0.25, 0.3) is 0 Å². The molecule has 138 valence electrons. The number of unbranched alkanes of at least 4 members (excludes halogenated alkanes) is 3. The van der Waals surface area contributed by atoms with Crippen LogP contribution in [0.15, 0.2) is 0 Å². The summed E-state index contributed by atoms with van der Waals surface area (Å²) in [6, 6.07) is 0. The molecule has 5 nitrogen and oxygen atoms in total. The van der Waals surface area contributed by atoms with E-state index in [1.54, 1.807) is 0 Å². The fraction of sp³-hybridized carbons (Fsp3) is 0.944. The summed E-state index contributed by atoms with van der Waals surface area (Å²) in [6.45, 7) is 9.65. The Morgan fingerprint density at radius 3 is 1.91 bits per heavy atom. The van der Waals surface area contributed by atoms with Crippen molar-refractivity contribution in [3.63, 3.8) is 0 Å². The van der Waals surface area contributed by atoms with Gasteiger partial charge in [-0.1, -0.05) is 47.0 Å². The zero-order chi connectivity index (χ0) is 17.8. The molecule has 0 rings (SSSR count). The second-order valence-electron chi connectivity index (χ2n) is 7.98. The van der Waals surface area contributed by atoms with Crippen LogP contribution in [0.4, 0.5) is 4.79 Å². The molecule has 0 unspecified atom stereocenters. The van der Waals surface area contributed by atoms with Gasteiger partial charge in [-0.05, 0) is 36.5 Å². The summed E-state index contributed by atoms with van der Waals surface area (Å²) in [5.41, 5.74) is -0.0477. The average molecular weight is 331 g/mol. The quantitative estimate of drug-likeness (QED) is 0.451. The lowest BCUT2D eigenvalue weighted by atomic mass is 9.88. The Balaban J connectivity index is 3.45. The first kappa shape index (κ1) is 22.2. The third-order valence-corrected chi connectivity index (χ3v) is 4.14. The van der Waals surface area contributed by atoms with E-state index in [0.717, 1.165) is 44.9 Å². The Hall–Kier alpha value is -0.810. The first-order valence-corrected chi connectivity index (χ1v) is 8.85. The van der Waals surface area contributed by atoms with Crippen LogP contribution in [-0.4, -0.2) is 42.7 Å². The molecule has 0 bridgehead atoms. The van der Waals surface area contributed by atoms with Crippen molar-refractivity contribution in [3.05, 3.63) is 0 Å². The molecule has 1 amide bonds. The molecule has 0 fully saturated rings. The number of ether oxygens (including phenoxy) is 1. The van der Waals surface area contributed by atoms with Crippen LogP contribution in [-0.2, 0) is 4.74 Å². The Morgan fingerprint density at radius 2 is 1.39 bits per heavy atom. The van der Waals surface area contributed by atoms with Crippen molar-refractivity contribution >= 4 is 6.09 Å². The molecule has 0 aliphatic rings. The summed E-state index contributed by atoms with van der Waals surface area (Å²) >= 11 is 0. The van der Waals surface area contributed by atoms with Gasteiger partial charge < -0.3 is 20.3 Å². The summed E-state index contributed by atoms with van der Waals surface area (Å²) in [7, 11) is 0. The Bertz CT molecular complexity index is 316. The zero-order valence-corrected chi connectivity index (χ0v) is 15.5. The van der Waals surface area contributed by atoms with Crippen molar-refractivity contribution < 1.29 is 19.7 Å². The largest absolute Gasteiger partial charge is 0.450 e. The molecule has 0 aromatic heterocycles. The molecule has 0 atom stereocenters. The fourth-order valence-electron chi connectivity index (χ4n) is 2.18. The number of aliphatic hydroxyl groups excluding tert-OH is 2. The van der Waals surface area contributed by atoms with Crippen molar-refractivity contribution in [2.45, 2.75) is 72.6 Å². The van der Waals surface area contributed by atoms with Gasteiger partial charge in [0.25, 0.3) is 0 Å². The molecule has 0 aliphatic carbocycles. The van der Waals surface area contributed by atoms with Crippen LogP contribution in [0.5, 0.6) is 0 Å². The fourth-order valence-corrected chi connectivity index (χ4v) is 2.18. The molecular formula is C18H37NO4. The SMILES string of the molecule is CC(C)(CO)CCCCCOC(=O)NCCCCC(C)(C)CO. The van der Waals surface area contributed by atoms with Gasteiger partial charge in [-0.2, -0.15) is 0 Å². The highest BCUT2D eigenvalue weighted by molar-refractivity contribution is 5.66. The summed E-state index contributed by atoms with van der Waals surface area (Å²) in [5.74, 6) is 0. The monoisotopic (exact) mass is 331 g/mol. The summed E-state index contributed by atoms with van der Waals surface area (Å²) in [5, 5.41) is 21.1. The van der Waals surface area contributed by atoms with Crippen LogP contribution < -0.4 is 5.32 Å². The van der Waals surface area contributed by atoms with E-state index in [1.807, 2.05) is 13.8 Å². The maximum Gasteiger partial charge on any atom is 0.407 e. The molecule has 0 spiro atoms. The predicted octanol–water partition coefficient (Wildman–Crippen LogP) is 3.48. The number of carbonyl (C=O) groups is 1. The van der Waals surface area contributed by atoms with Gasteiger partial charge in [0.05, 0.1) is 6.61 Å². The van der Waals surface area contributed by atoms with Crippen LogP contribution >= 0.6 is 0 Å². The standard InChI is InChI=1S/C18H37NO4/c1-17(2,14-20)10-6-5-9-13-23-16(22)19-12-8-7-11-18(3,4)15-21/h20-21H,5-15H2,1-4H3,(H,19,22). The van der Waals surface area contributed by atoms with Gasteiger partial charge in [0.2, 0.25) is 0 Å². The van der Waals surface area contributed by atoms with Gasteiger partial charge in [0.1, 0.15) is 0 Å². The zero-order valence-electron chi connectivity index (χ0n) is 15.5. The molecule has 0 saturated carbocycles. The summed E-state index contributed by atoms with van der Waals surface area (Å²) in [4.78, 5) is 11.5. The minimum Gasteiger partial charge on any atom is -0.450 e. The third kappa shape index (κ3) is 13.3. The second kappa shape index (κ2) is 11.7. The lowest BCUT2D eigenvalue weighted by Gasteiger charge is -2.21. The molecule has 5 heteroatoms. The van der Waals surface area contributed by atoms with Crippen molar-refractivity contribution in [2.75, 3.05) is 26.4 Å². The number of hydrogen-bond acceptors (Lipinski definition) is 4. The minimum absolute atomic E-state index is 0.0111. The summed E-state index contributed by atoms with van der Waals surface area (Å²) in [6.07, 6.45) is 6.38. The van der Waals surface area contributed by atoms with E-state index in [4.69, 9.17) is 14.9 Å². The van der Waals surface area contributed by atoms with Crippen molar-refractivity contribution in [1.29, 1.82) is 0 Å². The van der Waals surface area contributed by atoms with Crippen molar-refractivity contribution in [2.24, 2.45) is 10.8 Å². The number of rotatable bonds is 13. The number of nitrogens with one attached hydrogen (secondary N) is 1. The van der Waals surface area contributed by atoms with E-state index < -0.39 is 0 Å². The topological polar surface area (TPSA) is 78.8 Å². The lowest BCUT2D eigenvalue weighted by Crippen LogP contribution is -2.26. The van der Waals surface area contributed by atoms with Crippen LogP contribution in [0, 0.1) is 10.8 Å². The average Bonchev–Trinajstić information content (AvgIpc) is 2.50. The third-order valence-electron chi connectivity index (χ3n) is 4.14. The molecule has 0 aromatic rings. The smallest absolute Gasteiger partial charge is 0.407 e. The van der Waals surface area contributed by atoms with Gasteiger partial charge in [0, 0.05) is 19.8 Å². The molecule has 0 aromatic carbocycles. The van der Waals surface area contributed by atoms with Gasteiger partial charge >= 0.3 is 6.09 Å². The van der Waals surface area contributed by atoms with Crippen molar-refractivity contribution in [3.8, 4) is 0 Å². The maximum atomic E-state index is 11.5. The van der Waals surface area contributed by atoms with Gasteiger partial charge in [-0.15, -0.1) is 0 Å². The van der Waals surface area contributed by atoms with E-state index in [0.29, 0.717) is 13.2 Å². The number of carbonyl (C=O) groups excluding carboxylic acids is 1. The molecule has 23 heavy (non-hydrogen) atoms. The summed E-state index contributed by atoms with van der Waals surface area (Å²) < 4.78 is 5.13. The molecule has 0 heterocycles. The highest BCUT2D eigenvalue weighted by Crippen LogP contribution is 2.22. The number of amides is 1. The second-order valence-corrected chi connectivity index (χ2v) is 7.98. The van der Waals surface area contributed by atoms with Crippen LogP contribution in [0.3, 0.4) is 0 Å². The van der Waals surface area contributed by atoms with Gasteiger partial charge in [-0.3, -0.25) is 0 Å². The Labute approximate surface area is 141 Å². The molecule has 0 radical (unpaired) electrons. The predicted molar refractivity (Wildman–Crippen MR) is 93.4 cm³/mol. The van der Waals surface area contributed by atoms with E-state index in [9.17, 15) is 4.79 Å². The lowest BCUT2D eigenvalue weighted by molar-refractivity contribution is 0.136. The molecule has 3 N–H and O–H groups in total. The Morgan fingerprint density at radius 1 is 0.870 bits per heavy atom. The van der Waals surface area contributed by atoms with Crippen molar-refractivity contribution in [1.82, 2.24) is 5.32 Å². The Kier molecular flexibility index (Phi) is 11.3. The molecule has 0 saturated heterocycles. The van der Waals surface area contributed by atoms with E-state index >= 15 is 0 Å². The molecule has 0 aliphatic heterocycles. The van der Waals surface area contributed by atoms with E-state index in [2.05, 4.69) is 19.2 Å². The highest BCUT2D eigenvalue weighted by atomic mass is 16.5. The first-order valence-electron chi connectivity index (χ1n) is 8.85. The first-order chi connectivity index (χ1) is 10.7. The van der Waals surface area contributed by atoms with E-state index in [-0.39, 0.29) is 30.1 Å².